The molecule has 2 aromatic heterocycles. The molecule has 0 aliphatic carbocycles. The largest absolute Gasteiger partial charge is 0.494 e. The number of amides is 2. The molecule has 0 saturated carbocycles. The van der Waals surface area contributed by atoms with Crippen LogP contribution in [-0.4, -0.2) is 108 Å². The van der Waals surface area contributed by atoms with Gasteiger partial charge in [0.1, 0.15) is 30.3 Å². The number of carbonyl (C=O) groups excluding carboxylic acids is 2. The van der Waals surface area contributed by atoms with Gasteiger partial charge in [0.15, 0.2) is 0 Å². The lowest BCUT2D eigenvalue weighted by Crippen LogP contribution is -2.53. The van der Waals surface area contributed by atoms with Gasteiger partial charge in [0.25, 0.3) is 0 Å². The van der Waals surface area contributed by atoms with Crippen molar-refractivity contribution in [2.45, 2.75) is 70.8 Å². The lowest BCUT2D eigenvalue weighted by atomic mass is 9.89. The Balaban J connectivity index is 0.801. The average Bonchev–Trinajstić information content (AvgIpc) is 3.74. The number of nitrogens with zero attached hydrogens (tertiary/aromatic N) is 6. The molecule has 13 nitrogen and oxygen atoms in total. The number of piperidine rings is 2. The highest BCUT2D eigenvalue weighted by molar-refractivity contribution is 9.10. The molecule has 1 unspecified atom stereocenters. The van der Waals surface area contributed by atoms with Gasteiger partial charge in [-0.25, -0.2) is 13.8 Å². The second-order valence-corrected chi connectivity index (χ2v) is 21.8. The fraction of sp³-hybridized carbons (Fsp3) is 0.438. The summed E-state index contributed by atoms with van der Waals surface area (Å²) < 4.78 is 51.2. The van der Waals surface area contributed by atoms with Crippen molar-refractivity contribution in [2.75, 3.05) is 80.8 Å². The van der Waals surface area contributed by atoms with Crippen molar-refractivity contribution in [3.05, 3.63) is 93.2 Å². The van der Waals surface area contributed by atoms with E-state index < -0.39 is 36.5 Å². The lowest BCUT2D eigenvalue weighted by Gasteiger charge is -2.43. The first-order valence-corrected chi connectivity index (χ1v) is 25.5. The third-order valence-corrected chi connectivity index (χ3v) is 17.6. The first-order valence-electron chi connectivity index (χ1n) is 22.6. The zero-order chi connectivity index (χ0) is 45.4. The number of fused-ring (bicyclic) bond motifs is 1. The molecule has 5 aromatic rings. The predicted octanol–water partition coefficient (Wildman–Crippen LogP) is 8.31. The number of carbonyl (C=O) groups is 2. The molecule has 0 radical (unpaired) electrons. The van der Waals surface area contributed by atoms with Crippen molar-refractivity contribution in [3.8, 4) is 5.75 Å². The highest BCUT2D eigenvalue weighted by Gasteiger charge is 2.35. The lowest BCUT2D eigenvalue weighted by molar-refractivity contribution is -0.134. The average molecular weight is 971 g/mol. The summed E-state index contributed by atoms with van der Waals surface area (Å²) in [5.41, 5.74) is 5.81. The van der Waals surface area contributed by atoms with Crippen molar-refractivity contribution in [3.63, 3.8) is 0 Å². The minimum Gasteiger partial charge on any atom is -0.494 e. The molecule has 9 rings (SSSR count). The highest BCUT2D eigenvalue weighted by atomic mass is 79.9. The number of imide groups is 1. The van der Waals surface area contributed by atoms with E-state index in [2.05, 4.69) is 70.6 Å². The summed E-state index contributed by atoms with van der Waals surface area (Å²) in [5.74, 6) is -1.90. The fourth-order valence-electron chi connectivity index (χ4n) is 10.1. The molecule has 4 fully saturated rings. The Hall–Kier alpha value is -5.02. The van der Waals surface area contributed by atoms with Gasteiger partial charge in [-0.2, -0.15) is 4.98 Å². The van der Waals surface area contributed by atoms with Crippen LogP contribution in [0.25, 0.3) is 10.9 Å². The molecule has 6 heterocycles. The van der Waals surface area contributed by atoms with Crippen LogP contribution in [-0.2, 0) is 20.6 Å². The maximum absolute atomic E-state index is 15.1. The number of anilines is 5. The summed E-state index contributed by atoms with van der Waals surface area (Å²) in [6.45, 7) is 10.2. The Morgan fingerprint density at radius 2 is 1.63 bits per heavy atom. The van der Waals surface area contributed by atoms with E-state index in [1.54, 1.807) is 13.3 Å². The number of nitrogens with one attached hydrogen (secondary N) is 3. The number of hydrogen-bond acceptors (Lipinski definition) is 12. The van der Waals surface area contributed by atoms with Crippen LogP contribution in [0.1, 0.15) is 66.8 Å². The van der Waals surface area contributed by atoms with Crippen LogP contribution in [0.3, 0.4) is 0 Å². The molecule has 3 aromatic carbocycles. The number of hydrogen-bond donors (Lipinski definition) is 3. The first-order chi connectivity index (χ1) is 31.3. The number of ether oxygens (including phenoxy) is 1. The molecule has 3 N–H and O–H groups in total. The summed E-state index contributed by atoms with van der Waals surface area (Å²) in [6.07, 6.45) is 7.72. The Bertz CT molecular complexity index is 2660. The van der Waals surface area contributed by atoms with Crippen LogP contribution >= 0.6 is 23.1 Å². The third-order valence-electron chi connectivity index (χ3n) is 13.6. The number of piperazine rings is 1. The SMILES string of the molecule is COc1cc(N2CCC(N3CCN(CCc4cc(F)c(C5CCC(=O)NC5=O)c(F)c4)CC3)CC2)c(C)cc1Nc1ncc(Br)c(Nc2ccc3nc(C)ccc3c2P2(=O)CCCC2)n1. The first kappa shape index (κ1) is 45.1. The van der Waals surface area contributed by atoms with Crippen LogP contribution in [0, 0.1) is 25.5 Å². The molecular formula is C48H55BrF2N9O4P. The van der Waals surface area contributed by atoms with E-state index in [9.17, 15) is 14.2 Å². The van der Waals surface area contributed by atoms with E-state index in [1.807, 2.05) is 31.2 Å². The molecule has 2 amide bonds. The number of pyridine rings is 1. The second-order valence-electron chi connectivity index (χ2n) is 17.8. The number of benzene rings is 3. The number of halogens is 3. The van der Waals surface area contributed by atoms with Gasteiger partial charge in [-0.05, 0) is 116 Å². The molecule has 0 spiro atoms. The van der Waals surface area contributed by atoms with Crippen LogP contribution < -0.4 is 30.9 Å². The zero-order valence-electron chi connectivity index (χ0n) is 37.1. The van der Waals surface area contributed by atoms with E-state index in [1.165, 1.54) is 12.1 Å². The highest BCUT2D eigenvalue weighted by Crippen LogP contribution is 2.54. The van der Waals surface area contributed by atoms with Gasteiger partial charge >= 0.3 is 0 Å². The van der Waals surface area contributed by atoms with Crippen molar-refractivity contribution in [1.29, 1.82) is 0 Å². The van der Waals surface area contributed by atoms with Crippen LogP contribution in [0.5, 0.6) is 5.75 Å². The standard InChI is InChI=1S/C48H55BrF2N9O4P/c1-29-24-40(55-48-52-28-35(49)46(57-48)54-39-10-9-38-33(7-6-30(2)53-38)45(39)65(63)22-4-5-23-65)42(64-3)27-41(29)60-16-13-32(14-17-60)59-20-18-58(19-21-59)15-12-31-25-36(50)44(37(51)26-31)34-8-11-43(61)56-47(34)62/h6-7,9-10,24-28,32,34H,4-5,8,11-23H2,1-3H3,(H,56,61,62)(H2,52,54,55,57). The fourth-order valence-corrected chi connectivity index (χ4v) is 13.8. The molecule has 17 heteroatoms. The van der Waals surface area contributed by atoms with Crippen molar-refractivity contribution in [1.82, 2.24) is 30.1 Å². The zero-order valence-corrected chi connectivity index (χ0v) is 39.5. The monoisotopic (exact) mass is 969 g/mol. The van der Waals surface area contributed by atoms with Crippen molar-refractivity contribution in [2.24, 2.45) is 0 Å². The quantitative estimate of drug-likeness (QED) is 0.0817. The third kappa shape index (κ3) is 9.63. The Labute approximate surface area is 386 Å². The number of methoxy groups -OCH3 is 1. The second kappa shape index (κ2) is 19.1. The predicted molar refractivity (Wildman–Crippen MR) is 255 cm³/mol. The summed E-state index contributed by atoms with van der Waals surface area (Å²) in [4.78, 5) is 45.3. The van der Waals surface area contributed by atoms with Crippen LogP contribution in [0.2, 0.25) is 0 Å². The molecule has 4 saturated heterocycles. The molecular weight excluding hydrogens is 915 g/mol. The van der Waals surface area contributed by atoms with E-state index in [0.717, 1.165) is 109 Å². The van der Waals surface area contributed by atoms with E-state index in [4.69, 9.17) is 14.7 Å². The van der Waals surface area contributed by atoms with E-state index in [-0.39, 0.29) is 18.4 Å². The number of rotatable bonds is 12. The van der Waals surface area contributed by atoms with E-state index in [0.29, 0.717) is 58.9 Å². The molecule has 4 aliphatic rings. The Morgan fingerprint density at radius 1 is 0.892 bits per heavy atom. The minimum atomic E-state index is -2.64. The van der Waals surface area contributed by atoms with E-state index >= 15 is 8.78 Å². The van der Waals surface area contributed by atoms with Crippen LogP contribution in [0.15, 0.2) is 59.2 Å². The molecule has 342 valence electrons. The summed E-state index contributed by atoms with van der Waals surface area (Å²) in [7, 11) is -0.972. The Morgan fingerprint density at radius 3 is 2.34 bits per heavy atom. The maximum Gasteiger partial charge on any atom is 0.234 e. The van der Waals surface area contributed by atoms with Crippen LogP contribution in [0.4, 0.5) is 37.6 Å². The maximum atomic E-state index is 15.1. The number of aryl methyl sites for hydroxylation is 2. The van der Waals surface area contributed by atoms with Gasteiger partial charge < -0.3 is 29.7 Å². The van der Waals surface area contributed by atoms with Gasteiger partial charge in [-0.15, -0.1) is 0 Å². The van der Waals surface area contributed by atoms with Crippen molar-refractivity contribution < 1.29 is 27.7 Å². The molecule has 4 aliphatic heterocycles. The summed E-state index contributed by atoms with van der Waals surface area (Å²) >= 11 is 3.64. The van der Waals surface area contributed by atoms with Gasteiger partial charge in [-0.3, -0.25) is 24.8 Å². The Kier molecular flexibility index (Phi) is 13.2. The molecule has 0 bridgehead atoms. The molecule has 1 atom stereocenters. The molecule has 65 heavy (non-hydrogen) atoms. The number of aromatic nitrogens is 3. The summed E-state index contributed by atoms with van der Waals surface area (Å²) in [6, 6.07) is 15.3. The topological polar surface area (TPSA) is 145 Å². The summed E-state index contributed by atoms with van der Waals surface area (Å²) in [5, 5.41) is 10.9. The van der Waals surface area contributed by atoms with Gasteiger partial charge in [-0.1, -0.05) is 6.07 Å². The van der Waals surface area contributed by atoms with Crippen molar-refractivity contribution >= 4 is 79.9 Å². The van der Waals surface area contributed by atoms with Gasteiger partial charge in [0.2, 0.25) is 17.8 Å². The van der Waals surface area contributed by atoms with Gasteiger partial charge in [0.05, 0.1) is 34.4 Å². The van der Waals surface area contributed by atoms with Gasteiger partial charge in [0, 0.05) is 110 Å². The minimum absolute atomic E-state index is 0.0654. The normalized spacial score (nSPS) is 19.7. The smallest absolute Gasteiger partial charge is 0.234 e.